The van der Waals surface area contributed by atoms with Crippen molar-refractivity contribution >= 4 is 5.69 Å². The first-order valence-corrected chi connectivity index (χ1v) is 9.41. The van der Waals surface area contributed by atoms with E-state index in [1.165, 1.54) is 5.56 Å². The van der Waals surface area contributed by atoms with Crippen LogP contribution in [0.3, 0.4) is 0 Å². The van der Waals surface area contributed by atoms with Crippen molar-refractivity contribution in [2.45, 2.75) is 39.2 Å². The Balaban J connectivity index is 1.94. The molecule has 5 heteroatoms. The molecule has 1 aliphatic heterocycles. The molecule has 0 aromatic heterocycles. The first-order chi connectivity index (χ1) is 12.8. The molecule has 2 aromatic rings. The summed E-state index contributed by atoms with van der Waals surface area (Å²) in [6, 6.07) is 14.4. The second kappa shape index (κ2) is 8.75. The van der Waals surface area contributed by atoms with Gasteiger partial charge in [0.1, 0.15) is 12.4 Å². The van der Waals surface area contributed by atoms with Crippen LogP contribution in [0.4, 0.5) is 5.69 Å². The first-order valence-electron chi connectivity index (χ1n) is 9.41. The SMILES string of the molecule is CCCN(CCC)C1COc2cccc(-c3cccc(N=[N+]=[N-])c3)c2C1. The number of nitrogens with zero attached hydrogens (tertiary/aromatic N) is 4. The summed E-state index contributed by atoms with van der Waals surface area (Å²) >= 11 is 0. The van der Waals surface area contributed by atoms with Gasteiger partial charge in [0.15, 0.2) is 0 Å². The predicted molar refractivity (Wildman–Crippen MR) is 106 cm³/mol. The van der Waals surface area contributed by atoms with Crippen LogP contribution in [0.15, 0.2) is 47.6 Å². The van der Waals surface area contributed by atoms with Gasteiger partial charge >= 0.3 is 0 Å². The van der Waals surface area contributed by atoms with Crippen molar-refractivity contribution in [1.82, 2.24) is 4.90 Å². The van der Waals surface area contributed by atoms with E-state index in [1.54, 1.807) is 0 Å². The molecule has 3 rings (SSSR count). The lowest BCUT2D eigenvalue weighted by atomic mass is 9.92. The van der Waals surface area contributed by atoms with Gasteiger partial charge in [-0.2, -0.15) is 0 Å². The van der Waals surface area contributed by atoms with Gasteiger partial charge in [-0.1, -0.05) is 49.3 Å². The van der Waals surface area contributed by atoms with Crippen LogP contribution in [-0.2, 0) is 6.42 Å². The van der Waals surface area contributed by atoms with Gasteiger partial charge in [-0.05, 0) is 61.1 Å². The van der Waals surface area contributed by atoms with E-state index >= 15 is 0 Å². The zero-order chi connectivity index (χ0) is 18.4. The lowest BCUT2D eigenvalue weighted by Gasteiger charge is -2.35. The van der Waals surface area contributed by atoms with E-state index in [2.05, 4.69) is 47.0 Å². The van der Waals surface area contributed by atoms with E-state index in [-0.39, 0.29) is 0 Å². The van der Waals surface area contributed by atoms with Crippen molar-refractivity contribution in [3.8, 4) is 16.9 Å². The van der Waals surface area contributed by atoms with Crippen molar-refractivity contribution < 1.29 is 4.74 Å². The molecule has 1 heterocycles. The number of hydrogen-bond donors (Lipinski definition) is 0. The van der Waals surface area contributed by atoms with E-state index in [1.807, 2.05) is 24.3 Å². The molecule has 1 atom stereocenters. The highest BCUT2D eigenvalue weighted by Crippen LogP contribution is 2.36. The third-order valence-electron chi connectivity index (χ3n) is 4.86. The Morgan fingerprint density at radius 3 is 2.65 bits per heavy atom. The van der Waals surface area contributed by atoms with Crippen LogP contribution in [0, 0.1) is 0 Å². The van der Waals surface area contributed by atoms with E-state index in [0.717, 1.165) is 55.8 Å². The molecule has 0 fully saturated rings. The molecular formula is C21H26N4O. The summed E-state index contributed by atoms with van der Waals surface area (Å²) in [5, 5.41) is 3.74. The fourth-order valence-corrected chi connectivity index (χ4v) is 3.74. The van der Waals surface area contributed by atoms with Crippen molar-refractivity contribution in [3.05, 3.63) is 58.5 Å². The van der Waals surface area contributed by atoms with Gasteiger partial charge in [0, 0.05) is 22.2 Å². The van der Waals surface area contributed by atoms with Gasteiger partial charge in [0.2, 0.25) is 0 Å². The van der Waals surface area contributed by atoms with Gasteiger partial charge in [0.05, 0.1) is 0 Å². The van der Waals surface area contributed by atoms with Crippen LogP contribution in [0.2, 0.25) is 0 Å². The average molecular weight is 350 g/mol. The van der Waals surface area contributed by atoms with E-state index in [0.29, 0.717) is 11.7 Å². The summed E-state index contributed by atoms with van der Waals surface area (Å²) in [5.41, 5.74) is 12.8. The van der Waals surface area contributed by atoms with Crippen LogP contribution >= 0.6 is 0 Å². The molecule has 136 valence electrons. The molecule has 0 N–H and O–H groups in total. The van der Waals surface area contributed by atoms with E-state index in [9.17, 15) is 0 Å². The molecular weight excluding hydrogens is 324 g/mol. The molecule has 0 saturated heterocycles. The summed E-state index contributed by atoms with van der Waals surface area (Å²) in [5.74, 6) is 0.973. The van der Waals surface area contributed by atoms with Crippen LogP contribution in [-0.4, -0.2) is 30.6 Å². The van der Waals surface area contributed by atoms with Gasteiger partial charge in [-0.15, -0.1) is 0 Å². The smallest absolute Gasteiger partial charge is 0.123 e. The maximum absolute atomic E-state index is 8.70. The van der Waals surface area contributed by atoms with Gasteiger partial charge in [-0.25, -0.2) is 0 Å². The Bertz CT molecular complexity index is 792. The number of ether oxygens (including phenoxy) is 1. The van der Waals surface area contributed by atoms with Crippen LogP contribution in [0.1, 0.15) is 32.3 Å². The topological polar surface area (TPSA) is 61.2 Å². The number of azide groups is 1. The first kappa shape index (κ1) is 18.3. The highest BCUT2D eigenvalue weighted by Gasteiger charge is 2.26. The largest absolute Gasteiger partial charge is 0.492 e. The molecule has 26 heavy (non-hydrogen) atoms. The second-order valence-corrected chi connectivity index (χ2v) is 6.73. The normalized spacial score (nSPS) is 15.9. The van der Waals surface area contributed by atoms with Crippen LogP contribution in [0.25, 0.3) is 21.6 Å². The second-order valence-electron chi connectivity index (χ2n) is 6.73. The molecule has 1 unspecified atom stereocenters. The van der Waals surface area contributed by atoms with Crippen molar-refractivity contribution in [2.24, 2.45) is 5.11 Å². The number of hydrogen-bond acceptors (Lipinski definition) is 3. The summed E-state index contributed by atoms with van der Waals surface area (Å²) < 4.78 is 6.13. The zero-order valence-electron chi connectivity index (χ0n) is 15.6. The molecule has 0 spiro atoms. The molecule has 0 saturated carbocycles. The summed E-state index contributed by atoms with van der Waals surface area (Å²) in [6.07, 6.45) is 3.29. The van der Waals surface area contributed by atoms with Gasteiger partial charge in [-0.3, -0.25) is 4.90 Å². The zero-order valence-corrected chi connectivity index (χ0v) is 15.6. The van der Waals surface area contributed by atoms with Crippen LogP contribution < -0.4 is 4.74 Å². The molecule has 0 radical (unpaired) electrons. The Hall–Kier alpha value is -2.49. The summed E-state index contributed by atoms with van der Waals surface area (Å²) in [4.78, 5) is 5.45. The number of fused-ring (bicyclic) bond motifs is 1. The van der Waals surface area contributed by atoms with Crippen molar-refractivity contribution in [2.75, 3.05) is 19.7 Å². The monoisotopic (exact) mass is 350 g/mol. The minimum Gasteiger partial charge on any atom is -0.492 e. The Labute approximate surface area is 155 Å². The summed E-state index contributed by atoms with van der Waals surface area (Å²) in [6.45, 7) is 7.41. The van der Waals surface area contributed by atoms with Crippen molar-refractivity contribution in [1.29, 1.82) is 0 Å². The maximum atomic E-state index is 8.70. The molecule has 0 amide bonds. The fourth-order valence-electron chi connectivity index (χ4n) is 3.74. The third-order valence-corrected chi connectivity index (χ3v) is 4.86. The standard InChI is InChI=1S/C21H26N4O/c1-3-11-25(12-4-2)18-14-20-19(9-6-10-21(20)26-15-18)16-7-5-8-17(13-16)23-24-22/h5-10,13,18H,3-4,11-12,14-15H2,1-2H3. The minimum atomic E-state index is 0.406. The lowest BCUT2D eigenvalue weighted by Crippen LogP contribution is -2.44. The van der Waals surface area contributed by atoms with Gasteiger partial charge in [0.25, 0.3) is 0 Å². The quantitative estimate of drug-likeness (QED) is 0.364. The minimum absolute atomic E-state index is 0.406. The Morgan fingerprint density at radius 2 is 1.92 bits per heavy atom. The highest BCUT2D eigenvalue weighted by molar-refractivity contribution is 5.73. The van der Waals surface area contributed by atoms with E-state index in [4.69, 9.17) is 10.3 Å². The molecule has 0 bridgehead atoms. The van der Waals surface area contributed by atoms with Crippen molar-refractivity contribution in [3.63, 3.8) is 0 Å². The molecule has 2 aromatic carbocycles. The molecule has 1 aliphatic rings. The lowest BCUT2D eigenvalue weighted by molar-refractivity contribution is 0.119. The Kier molecular flexibility index (Phi) is 6.16. The van der Waals surface area contributed by atoms with E-state index < -0.39 is 0 Å². The third kappa shape index (κ3) is 4.01. The highest BCUT2D eigenvalue weighted by atomic mass is 16.5. The number of benzene rings is 2. The summed E-state index contributed by atoms with van der Waals surface area (Å²) in [7, 11) is 0. The maximum Gasteiger partial charge on any atom is 0.123 e. The fraction of sp³-hybridized carbons (Fsp3) is 0.429. The predicted octanol–water partition coefficient (Wildman–Crippen LogP) is 5.72. The van der Waals surface area contributed by atoms with Crippen LogP contribution in [0.5, 0.6) is 5.75 Å². The van der Waals surface area contributed by atoms with Gasteiger partial charge < -0.3 is 4.74 Å². The molecule has 5 nitrogen and oxygen atoms in total. The average Bonchev–Trinajstić information content (AvgIpc) is 2.67. The Morgan fingerprint density at radius 1 is 1.15 bits per heavy atom. The molecule has 0 aliphatic carbocycles. The number of rotatable bonds is 7.